The highest BCUT2D eigenvalue weighted by atomic mass is 16.5. The molecule has 0 bridgehead atoms. The Bertz CT molecular complexity index is 1770. The van der Waals surface area contributed by atoms with Gasteiger partial charge < -0.3 is 14.2 Å². The molecule has 7 heteroatoms. The van der Waals surface area contributed by atoms with Gasteiger partial charge in [0, 0.05) is 19.2 Å². The number of carbonyl (C=O) groups excluding carboxylic acids is 1. The van der Waals surface area contributed by atoms with Gasteiger partial charge in [-0.25, -0.2) is 0 Å². The molecule has 252 valence electrons. The van der Waals surface area contributed by atoms with Crippen molar-refractivity contribution in [3.05, 3.63) is 191 Å². The summed E-state index contributed by atoms with van der Waals surface area (Å²) in [6.45, 7) is 1.33. The van der Waals surface area contributed by atoms with Crippen LogP contribution in [0.4, 0.5) is 0 Å². The normalized spacial score (nSPS) is 12.0. The lowest BCUT2D eigenvalue weighted by Gasteiger charge is -2.37. The predicted molar refractivity (Wildman–Crippen MR) is 195 cm³/mol. The van der Waals surface area contributed by atoms with Crippen LogP contribution in [0.5, 0.6) is 11.9 Å². The van der Waals surface area contributed by atoms with Crippen molar-refractivity contribution in [3.63, 3.8) is 0 Å². The minimum Gasteiger partial charge on any atom is -0.481 e. The Hall–Kier alpha value is -5.63. The molecule has 6 rings (SSSR count). The summed E-state index contributed by atoms with van der Waals surface area (Å²) in [5.41, 5.74) is 4.45. The van der Waals surface area contributed by atoms with E-state index in [4.69, 9.17) is 14.2 Å². The van der Waals surface area contributed by atoms with Crippen molar-refractivity contribution in [2.24, 2.45) is 0 Å². The molecule has 0 saturated heterocycles. The first-order valence-electron chi connectivity index (χ1n) is 16.7. The molecule has 50 heavy (non-hydrogen) atoms. The molecule has 6 aromatic rings. The highest BCUT2D eigenvalue weighted by Gasteiger charge is 2.38. The molecule has 1 atom stereocenters. The summed E-state index contributed by atoms with van der Waals surface area (Å²) < 4.78 is 18.0. The van der Waals surface area contributed by atoms with E-state index in [9.17, 15) is 4.79 Å². The van der Waals surface area contributed by atoms with Crippen molar-refractivity contribution in [2.75, 3.05) is 20.8 Å². The Kier molecular flexibility index (Phi) is 11.4. The molecule has 0 unspecified atom stereocenters. The van der Waals surface area contributed by atoms with E-state index in [0.29, 0.717) is 19.5 Å². The molecule has 0 fully saturated rings. The number of rotatable bonds is 16. The van der Waals surface area contributed by atoms with Gasteiger partial charge in [-0.3, -0.25) is 9.69 Å². The second-order valence-electron chi connectivity index (χ2n) is 12.0. The fourth-order valence-corrected chi connectivity index (χ4v) is 6.38. The van der Waals surface area contributed by atoms with Crippen LogP contribution in [0, 0.1) is 0 Å². The lowest BCUT2D eigenvalue weighted by atomic mass is 9.80. The van der Waals surface area contributed by atoms with Crippen LogP contribution in [-0.2, 0) is 23.4 Å². The van der Waals surface area contributed by atoms with Crippen LogP contribution in [0.1, 0.15) is 44.7 Å². The zero-order valence-electron chi connectivity index (χ0n) is 28.4. The highest BCUT2D eigenvalue weighted by molar-refractivity contribution is 5.98. The van der Waals surface area contributed by atoms with Gasteiger partial charge in [0.1, 0.15) is 11.3 Å². The molecule has 0 aliphatic rings. The minimum atomic E-state index is -0.928. The van der Waals surface area contributed by atoms with E-state index >= 15 is 0 Å². The average Bonchev–Trinajstić information content (AvgIpc) is 3.19. The first-order chi connectivity index (χ1) is 24.6. The van der Waals surface area contributed by atoms with Crippen molar-refractivity contribution < 1.29 is 19.0 Å². The molecule has 0 N–H and O–H groups in total. The van der Waals surface area contributed by atoms with Crippen LogP contribution in [0.2, 0.25) is 0 Å². The van der Waals surface area contributed by atoms with Gasteiger partial charge in [-0.2, -0.15) is 9.97 Å². The molecular formula is C43H41N3O4. The monoisotopic (exact) mass is 663 g/mol. The van der Waals surface area contributed by atoms with Crippen LogP contribution < -0.4 is 9.47 Å². The summed E-state index contributed by atoms with van der Waals surface area (Å²) in [4.78, 5) is 25.7. The number of hydrogen-bond acceptors (Lipinski definition) is 7. The Balaban J connectivity index is 1.43. The van der Waals surface area contributed by atoms with Crippen LogP contribution in [0.15, 0.2) is 158 Å². The third-order valence-corrected chi connectivity index (χ3v) is 8.78. The molecule has 0 aliphatic heterocycles. The lowest BCUT2D eigenvalue weighted by Crippen LogP contribution is -2.42. The van der Waals surface area contributed by atoms with Crippen LogP contribution >= 0.6 is 0 Å². The van der Waals surface area contributed by atoms with E-state index in [2.05, 4.69) is 75.5 Å². The highest BCUT2D eigenvalue weighted by Crippen LogP contribution is 2.40. The van der Waals surface area contributed by atoms with E-state index in [1.165, 1.54) is 14.2 Å². The van der Waals surface area contributed by atoms with Gasteiger partial charge in [0.2, 0.25) is 5.88 Å². The number of ketones is 1. The number of Topliss-reactive ketones (excluding diaryl/α,β-unsaturated/α-hetero) is 1. The molecule has 0 saturated carbocycles. The van der Waals surface area contributed by atoms with Gasteiger partial charge in [-0.1, -0.05) is 152 Å². The fraction of sp³-hybridized carbons (Fsp3) is 0.186. The lowest BCUT2D eigenvalue weighted by molar-refractivity contribution is -0.000127. The van der Waals surface area contributed by atoms with E-state index in [1.807, 2.05) is 91.0 Å². The Morgan fingerprint density at radius 3 is 1.48 bits per heavy atom. The number of methoxy groups -OCH3 is 2. The summed E-state index contributed by atoms with van der Waals surface area (Å²) in [5.74, 6) is 0.0771. The number of aromatic nitrogens is 2. The number of carbonyl (C=O) groups is 1. The average molecular weight is 664 g/mol. The Labute approximate surface area is 294 Å². The summed E-state index contributed by atoms with van der Waals surface area (Å²) in [7, 11) is 2.98. The van der Waals surface area contributed by atoms with Crippen molar-refractivity contribution in [1.29, 1.82) is 0 Å². The predicted octanol–water partition coefficient (Wildman–Crippen LogP) is 8.15. The van der Waals surface area contributed by atoms with E-state index < -0.39 is 11.6 Å². The number of ether oxygens (including phenoxy) is 3. The number of hydrogen-bond donors (Lipinski definition) is 0. The molecule has 7 nitrogen and oxygen atoms in total. The maximum absolute atomic E-state index is 14.8. The fourth-order valence-electron chi connectivity index (χ4n) is 6.38. The molecule has 0 spiro atoms. The zero-order chi connectivity index (χ0) is 34.6. The number of benzene rings is 5. The van der Waals surface area contributed by atoms with Crippen LogP contribution in [-0.4, -0.2) is 47.5 Å². The SMILES string of the molecule is COc1cc(C(=O)[C@@H](CCOC(c2ccccc2)(c2ccccc2)c2ccccc2)N(Cc2ccccc2)Cc2ccccc2)nc(OC)n1. The Morgan fingerprint density at radius 2 is 1.06 bits per heavy atom. The largest absolute Gasteiger partial charge is 0.481 e. The molecular weight excluding hydrogens is 622 g/mol. The summed E-state index contributed by atoms with van der Waals surface area (Å²) in [5, 5.41) is 0. The molecule has 0 aliphatic carbocycles. The van der Waals surface area contributed by atoms with Gasteiger partial charge in [0.15, 0.2) is 5.78 Å². The summed E-state index contributed by atoms with van der Waals surface area (Å²) in [6, 6.07) is 52.2. The third-order valence-electron chi connectivity index (χ3n) is 8.78. The van der Waals surface area contributed by atoms with Gasteiger partial charge in [0.25, 0.3) is 0 Å². The van der Waals surface area contributed by atoms with Crippen molar-refractivity contribution in [1.82, 2.24) is 14.9 Å². The van der Waals surface area contributed by atoms with Gasteiger partial charge >= 0.3 is 6.01 Å². The molecule has 5 aromatic carbocycles. The summed E-state index contributed by atoms with van der Waals surface area (Å²) >= 11 is 0. The van der Waals surface area contributed by atoms with Gasteiger partial charge in [-0.05, 0) is 34.2 Å². The van der Waals surface area contributed by atoms with Crippen molar-refractivity contribution in [3.8, 4) is 11.9 Å². The minimum absolute atomic E-state index is 0.0663. The Morgan fingerprint density at radius 1 is 0.620 bits per heavy atom. The van der Waals surface area contributed by atoms with Crippen molar-refractivity contribution >= 4 is 5.78 Å². The van der Waals surface area contributed by atoms with E-state index in [-0.39, 0.29) is 30.0 Å². The first kappa shape index (κ1) is 34.2. The standard InChI is InChI=1S/C43H41N3O4/c1-48-40-30-38(44-42(45-40)49-2)41(47)39(46(31-33-18-8-3-9-19-33)32-34-20-10-4-11-21-34)28-29-50-43(35-22-12-5-13-23-35,36-24-14-6-15-25-36)37-26-16-7-17-27-37/h3-27,30,39H,28-29,31-32H2,1-2H3/t39-/m1/s1. The van der Waals surface area contributed by atoms with Gasteiger partial charge in [0.05, 0.1) is 26.9 Å². The molecule has 1 aromatic heterocycles. The maximum atomic E-state index is 14.8. The second kappa shape index (κ2) is 16.7. The van der Waals surface area contributed by atoms with Gasteiger partial charge in [-0.15, -0.1) is 0 Å². The first-order valence-corrected chi connectivity index (χ1v) is 16.7. The molecule has 1 heterocycles. The number of nitrogens with zero attached hydrogens (tertiary/aromatic N) is 3. The summed E-state index contributed by atoms with van der Waals surface area (Å²) in [6.07, 6.45) is 0.376. The third kappa shape index (κ3) is 7.97. The zero-order valence-corrected chi connectivity index (χ0v) is 28.4. The molecule has 0 radical (unpaired) electrons. The molecule has 0 amide bonds. The van der Waals surface area contributed by atoms with Crippen LogP contribution in [0.3, 0.4) is 0 Å². The second-order valence-corrected chi connectivity index (χ2v) is 12.0. The maximum Gasteiger partial charge on any atom is 0.320 e. The van der Waals surface area contributed by atoms with E-state index in [1.54, 1.807) is 6.07 Å². The quantitative estimate of drug-likeness (QED) is 0.0765. The smallest absolute Gasteiger partial charge is 0.320 e. The topological polar surface area (TPSA) is 73.8 Å². The van der Waals surface area contributed by atoms with E-state index in [0.717, 1.165) is 27.8 Å². The van der Waals surface area contributed by atoms with Crippen LogP contribution in [0.25, 0.3) is 0 Å². The van der Waals surface area contributed by atoms with Crippen molar-refractivity contribution in [2.45, 2.75) is 31.2 Å².